The van der Waals surface area contributed by atoms with Crippen molar-refractivity contribution in [1.82, 2.24) is 0 Å². The summed E-state index contributed by atoms with van der Waals surface area (Å²) in [6.45, 7) is 3.54. The summed E-state index contributed by atoms with van der Waals surface area (Å²) in [4.78, 5) is 1.56. The predicted octanol–water partition coefficient (Wildman–Crippen LogP) is -3.06. The van der Waals surface area contributed by atoms with E-state index in [0.717, 1.165) is 0 Å². The molecule has 0 atom stereocenters. The monoisotopic (exact) mass is 137 g/mol. The van der Waals surface area contributed by atoms with Gasteiger partial charge in [-0.3, -0.25) is 0 Å². The molecule has 0 radical (unpaired) electrons. The van der Waals surface area contributed by atoms with Crippen molar-refractivity contribution < 1.29 is 17.3 Å². The van der Waals surface area contributed by atoms with Crippen LogP contribution < -0.4 is 17.3 Å². The number of hydrogen-bond acceptors (Lipinski definition) is 0. The number of nitrogens with one attached hydrogen (secondary N) is 1. The van der Waals surface area contributed by atoms with Gasteiger partial charge < -0.3 is 17.3 Å². The van der Waals surface area contributed by atoms with Crippen LogP contribution in [0.2, 0.25) is 0 Å². The first-order valence-corrected chi connectivity index (χ1v) is 3.06. The molecule has 0 heterocycles. The summed E-state index contributed by atoms with van der Waals surface area (Å²) in [6, 6.07) is 0. The Hall–Kier alpha value is 0.250. The Morgan fingerprint density at radius 3 is 1.88 bits per heavy atom. The molecule has 0 aliphatic rings. The molecule has 1 nitrogen and oxygen atoms in total. The van der Waals surface area contributed by atoms with Crippen molar-refractivity contribution in [2.45, 2.75) is 19.8 Å². The van der Waals surface area contributed by atoms with Gasteiger partial charge in [0.1, 0.15) is 0 Å². The molecule has 8 heavy (non-hydrogen) atoms. The second kappa shape index (κ2) is 7.25. The van der Waals surface area contributed by atoms with Crippen molar-refractivity contribution in [2.75, 3.05) is 20.6 Å². The third-order valence-electron chi connectivity index (χ3n) is 1.03. The van der Waals surface area contributed by atoms with Crippen molar-refractivity contribution in [3.05, 3.63) is 0 Å². The lowest BCUT2D eigenvalue weighted by atomic mass is 10.3. The smallest absolute Gasteiger partial charge is 0.0766 e. The standard InChI is InChI=1S/C6H15N.ClH/c1-4-5-6-7(2)3;/h4-6H2,1-3H3;1H. The molecular formula is C6H16ClN. The van der Waals surface area contributed by atoms with Gasteiger partial charge in [0, 0.05) is 0 Å². The highest BCUT2D eigenvalue weighted by molar-refractivity contribution is 4.24. The number of rotatable bonds is 3. The number of halogens is 1. The normalized spacial score (nSPS) is 9.00. The van der Waals surface area contributed by atoms with E-state index in [9.17, 15) is 0 Å². The molecule has 0 bridgehead atoms. The molecule has 0 aliphatic carbocycles. The van der Waals surface area contributed by atoms with Gasteiger partial charge in [-0.15, -0.1) is 0 Å². The number of hydrogen-bond donors (Lipinski definition) is 1. The minimum absolute atomic E-state index is 0. The van der Waals surface area contributed by atoms with Gasteiger partial charge in [0.2, 0.25) is 0 Å². The van der Waals surface area contributed by atoms with E-state index in [0.29, 0.717) is 0 Å². The van der Waals surface area contributed by atoms with Crippen LogP contribution >= 0.6 is 0 Å². The Morgan fingerprint density at radius 1 is 1.25 bits per heavy atom. The largest absolute Gasteiger partial charge is 1.00 e. The third kappa shape index (κ3) is 9.54. The third-order valence-corrected chi connectivity index (χ3v) is 1.03. The van der Waals surface area contributed by atoms with Crippen LogP contribution in [0.5, 0.6) is 0 Å². The minimum atomic E-state index is 0. The molecule has 52 valence electrons. The van der Waals surface area contributed by atoms with Crippen LogP contribution in [0.4, 0.5) is 0 Å². The van der Waals surface area contributed by atoms with Crippen molar-refractivity contribution in [3.63, 3.8) is 0 Å². The van der Waals surface area contributed by atoms with Gasteiger partial charge >= 0.3 is 0 Å². The molecule has 0 rings (SSSR count). The fraction of sp³-hybridized carbons (Fsp3) is 1.00. The van der Waals surface area contributed by atoms with Gasteiger partial charge in [-0.25, -0.2) is 0 Å². The Kier molecular flexibility index (Phi) is 10.1. The minimum Gasteiger partial charge on any atom is -1.00 e. The molecule has 0 fully saturated rings. The summed E-state index contributed by atoms with van der Waals surface area (Å²) in [7, 11) is 4.38. The van der Waals surface area contributed by atoms with Crippen LogP contribution in [0.3, 0.4) is 0 Å². The first-order chi connectivity index (χ1) is 3.27. The van der Waals surface area contributed by atoms with Crippen molar-refractivity contribution in [1.29, 1.82) is 0 Å². The predicted molar refractivity (Wildman–Crippen MR) is 32.6 cm³/mol. The molecule has 0 unspecified atom stereocenters. The highest BCUT2D eigenvalue weighted by Gasteiger charge is 1.87. The summed E-state index contributed by atoms with van der Waals surface area (Å²) < 4.78 is 0. The molecule has 0 aliphatic heterocycles. The van der Waals surface area contributed by atoms with E-state index >= 15 is 0 Å². The molecule has 2 heteroatoms. The van der Waals surface area contributed by atoms with E-state index < -0.39 is 0 Å². The molecule has 0 amide bonds. The van der Waals surface area contributed by atoms with E-state index in [4.69, 9.17) is 0 Å². The summed E-state index contributed by atoms with van der Waals surface area (Å²) >= 11 is 0. The second-order valence-electron chi connectivity index (χ2n) is 2.31. The average Bonchev–Trinajstić information content (AvgIpc) is 1.61. The molecule has 0 saturated heterocycles. The van der Waals surface area contributed by atoms with Crippen LogP contribution in [-0.2, 0) is 0 Å². The molecule has 0 spiro atoms. The van der Waals surface area contributed by atoms with Crippen molar-refractivity contribution in [3.8, 4) is 0 Å². The maximum absolute atomic E-state index is 2.23. The second-order valence-corrected chi connectivity index (χ2v) is 2.31. The lowest BCUT2D eigenvalue weighted by Gasteiger charge is -2.03. The van der Waals surface area contributed by atoms with Gasteiger partial charge in [0.05, 0.1) is 20.6 Å². The van der Waals surface area contributed by atoms with Crippen LogP contribution in [0, 0.1) is 0 Å². The zero-order valence-electron chi connectivity index (χ0n) is 6.00. The molecule has 0 saturated carbocycles. The first-order valence-electron chi connectivity index (χ1n) is 3.06. The fourth-order valence-corrected chi connectivity index (χ4v) is 0.530. The van der Waals surface area contributed by atoms with E-state index in [1.807, 2.05) is 0 Å². The van der Waals surface area contributed by atoms with Gasteiger partial charge in [0.15, 0.2) is 0 Å². The Balaban J connectivity index is 0. The van der Waals surface area contributed by atoms with Crippen LogP contribution in [-0.4, -0.2) is 20.6 Å². The van der Waals surface area contributed by atoms with Crippen molar-refractivity contribution in [2.24, 2.45) is 0 Å². The van der Waals surface area contributed by atoms with Gasteiger partial charge in [0.25, 0.3) is 0 Å². The maximum Gasteiger partial charge on any atom is 0.0766 e. The lowest BCUT2D eigenvalue weighted by molar-refractivity contribution is -0.858. The zero-order chi connectivity index (χ0) is 5.70. The van der Waals surface area contributed by atoms with E-state index in [1.54, 1.807) is 4.90 Å². The molecular weight excluding hydrogens is 122 g/mol. The summed E-state index contributed by atoms with van der Waals surface area (Å²) in [6.07, 6.45) is 2.69. The number of quaternary nitrogens is 1. The van der Waals surface area contributed by atoms with E-state index in [2.05, 4.69) is 21.0 Å². The molecule has 0 aromatic heterocycles. The maximum atomic E-state index is 2.23. The topological polar surface area (TPSA) is 4.44 Å². The first kappa shape index (κ1) is 11.1. The quantitative estimate of drug-likeness (QED) is 0.422. The Bertz CT molecular complexity index is 37.5. The van der Waals surface area contributed by atoms with Gasteiger partial charge in [-0.2, -0.15) is 0 Å². The van der Waals surface area contributed by atoms with E-state index in [-0.39, 0.29) is 12.4 Å². The SMILES string of the molecule is CCCC[NH+](C)C.[Cl-]. The summed E-state index contributed by atoms with van der Waals surface area (Å²) in [5.41, 5.74) is 0. The molecule has 1 N–H and O–H groups in total. The van der Waals surface area contributed by atoms with Crippen LogP contribution in [0.25, 0.3) is 0 Å². The Labute approximate surface area is 58.5 Å². The highest BCUT2D eigenvalue weighted by atomic mass is 35.5. The molecule has 0 aromatic rings. The van der Waals surface area contributed by atoms with E-state index in [1.165, 1.54) is 19.4 Å². The molecule has 0 aromatic carbocycles. The number of unbranched alkanes of at least 4 members (excludes halogenated alkanes) is 1. The van der Waals surface area contributed by atoms with Crippen molar-refractivity contribution >= 4 is 0 Å². The van der Waals surface area contributed by atoms with Crippen LogP contribution in [0.1, 0.15) is 19.8 Å². The summed E-state index contributed by atoms with van der Waals surface area (Å²) in [5.74, 6) is 0. The van der Waals surface area contributed by atoms with Crippen LogP contribution in [0.15, 0.2) is 0 Å². The lowest BCUT2D eigenvalue weighted by Crippen LogP contribution is -3.05. The zero-order valence-corrected chi connectivity index (χ0v) is 6.76. The highest BCUT2D eigenvalue weighted by Crippen LogP contribution is 1.77. The fourth-order valence-electron chi connectivity index (χ4n) is 0.530. The summed E-state index contributed by atoms with van der Waals surface area (Å²) in [5, 5.41) is 0. The Morgan fingerprint density at radius 2 is 1.75 bits per heavy atom. The van der Waals surface area contributed by atoms with Gasteiger partial charge in [-0.05, 0) is 6.42 Å². The average molecular weight is 138 g/mol. The van der Waals surface area contributed by atoms with Gasteiger partial charge in [-0.1, -0.05) is 13.3 Å².